The van der Waals surface area contributed by atoms with Crippen LogP contribution in [0, 0.1) is 0 Å². The van der Waals surface area contributed by atoms with E-state index in [1.54, 1.807) is 0 Å². The molecule has 0 atom stereocenters. The number of hydrogen-bond acceptors (Lipinski definition) is 0. The fourth-order valence-electron chi connectivity index (χ4n) is 0. The molecule has 0 aliphatic rings. The summed E-state index contributed by atoms with van der Waals surface area (Å²) >= 11 is 0. The van der Waals surface area contributed by atoms with Crippen molar-refractivity contribution in [3.05, 3.63) is 0 Å². The third-order valence-electron chi connectivity index (χ3n) is 0. The summed E-state index contributed by atoms with van der Waals surface area (Å²) < 4.78 is 0. The Morgan fingerprint density at radius 3 is 1.00 bits per heavy atom. The maximum atomic E-state index is 0. The van der Waals surface area contributed by atoms with Gasteiger partial charge in [0.2, 0.25) is 0 Å². The van der Waals surface area contributed by atoms with Crippen molar-refractivity contribution >= 4 is 99.8 Å². The first-order valence-corrected chi connectivity index (χ1v) is 0. The first-order valence-electron chi connectivity index (χ1n) is 0. The zero-order valence-corrected chi connectivity index (χ0v) is 8.53. The zero-order chi connectivity index (χ0) is 0. The Hall–Kier alpha value is 3.16. The Morgan fingerprint density at radius 2 is 1.00 bits per heavy atom. The Bertz CT molecular complexity index is 8.00. The van der Waals surface area contributed by atoms with Crippen molar-refractivity contribution in [3.8, 4) is 0 Å². The van der Waals surface area contributed by atoms with Gasteiger partial charge in [-0.1, -0.05) is 0 Å². The van der Waals surface area contributed by atoms with E-state index >= 15 is 0 Å². The molecule has 0 rings (SSSR count). The van der Waals surface area contributed by atoms with Crippen LogP contribution in [0.15, 0.2) is 0 Å². The Kier molecular flexibility index (Phi) is 112. The van der Waals surface area contributed by atoms with Crippen LogP contribution >= 0.6 is 0 Å². The van der Waals surface area contributed by atoms with Gasteiger partial charge in [-0.15, -0.1) is 0 Å². The van der Waals surface area contributed by atoms with Gasteiger partial charge in [0.05, 0.1) is 0 Å². The van der Waals surface area contributed by atoms with E-state index in [0.29, 0.717) is 0 Å². The van der Waals surface area contributed by atoms with Crippen molar-refractivity contribution in [2.75, 3.05) is 0 Å². The van der Waals surface area contributed by atoms with Gasteiger partial charge in [-0.05, 0) is 0 Å². The monoisotopic (exact) mass is 89.0 g/mol. The molecule has 4 heavy (non-hydrogen) atoms. The van der Waals surface area contributed by atoms with Gasteiger partial charge in [0, 0.05) is 99.8 Å². The Morgan fingerprint density at radius 1 is 1.00 bits per heavy atom. The molecule has 3 radical (unpaired) electrons. The summed E-state index contributed by atoms with van der Waals surface area (Å²) in [5.74, 6) is 0. The van der Waals surface area contributed by atoms with Gasteiger partial charge in [-0.3, -0.25) is 4.70 Å². The molecule has 0 heterocycles. The second-order valence-electron chi connectivity index (χ2n) is 0. The summed E-state index contributed by atoms with van der Waals surface area (Å²) in [6.07, 6.45) is 0. The molecule has 0 nitrogen and oxygen atoms in total. The molecule has 0 bridgehead atoms. The molecule has 0 amide bonds. The van der Waals surface area contributed by atoms with E-state index in [2.05, 4.69) is 0 Å². The SMILES string of the molecule is F.[K].[Li].[Na]. The zero-order valence-electron chi connectivity index (χ0n) is 3.41. The van der Waals surface area contributed by atoms with E-state index in [4.69, 9.17) is 0 Å². The second-order valence-corrected chi connectivity index (χ2v) is 0. The van der Waals surface area contributed by atoms with Gasteiger partial charge >= 0.3 is 0 Å². The topological polar surface area (TPSA) is 0 Å². The summed E-state index contributed by atoms with van der Waals surface area (Å²) in [7, 11) is 0. The molecule has 11 valence electrons. The number of rotatable bonds is 0. The van der Waals surface area contributed by atoms with Gasteiger partial charge in [-0.2, -0.15) is 0 Å². The van der Waals surface area contributed by atoms with Crippen LogP contribution in [0.2, 0.25) is 0 Å². The van der Waals surface area contributed by atoms with Crippen molar-refractivity contribution in [1.29, 1.82) is 0 Å². The minimum absolute atomic E-state index is 0. The Balaban J connectivity index is 0. The third kappa shape index (κ3) is 8.94. The maximum Gasteiger partial charge on any atom is 0 e. The van der Waals surface area contributed by atoms with Crippen LogP contribution in [0.1, 0.15) is 0 Å². The molecule has 0 saturated heterocycles. The summed E-state index contributed by atoms with van der Waals surface area (Å²) in [4.78, 5) is 0. The van der Waals surface area contributed by atoms with Crippen LogP contribution < -0.4 is 0 Å². The summed E-state index contributed by atoms with van der Waals surface area (Å²) in [5, 5.41) is 0. The standard InChI is InChI=1S/FH.K.Li.Na/h1H;;;. The number of hydrogen-bond donors (Lipinski definition) is 0. The second kappa shape index (κ2) is 16.4. The van der Waals surface area contributed by atoms with Crippen molar-refractivity contribution in [2.45, 2.75) is 0 Å². The van der Waals surface area contributed by atoms with Crippen LogP contribution in [0.4, 0.5) is 4.70 Å². The van der Waals surface area contributed by atoms with E-state index in [1.165, 1.54) is 0 Å². The molecule has 0 aromatic heterocycles. The van der Waals surface area contributed by atoms with E-state index in [1.807, 2.05) is 0 Å². The fourth-order valence-corrected chi connectivity index (χ4v) is 0. The summed E-state index contributed by atoms with van der Waals surface area (Å²) in [6.45, 7) is 0. The van der Waals surface area contributed by atoms with Crippen LogP contribution in [-0.4, -0.2) is 99.8 Å². The van der Waals surface area contributed by atoms with E-state index in [-0.39, 0.29) is 105 Å². The smallest absolute Gasteiger partial charge is 0 e. The molecule has 0 aliphatic heterocycles. The van der Waals surface area contributed by atoms with E-state index < -0.39 is 0 Å². The van der Waals surface area contributed by atoms with Crippen LogP contribution in [0.25, 0.3) is 0 Å². The van der Waals surface area contributed by atoms with Gasteiger partial charge in [0.25, 0.3) is 0 Å². The van der Waals surface area contributed by atoms with Gasteiger partial charge < -0.3 is 0 Å². The molecular formula is HFKLiNa. The molecule has 0 aromatic carbocycles. The average molecular weight is 89.0 g/mol. The molecule has 0 fully saturated rings. The first-order chi connectivity index (χ1) is 0. The number of halogens is 1. The Labute approximate surface area is 102 Å². The minimum Gasteiger partial charge on any atom is -0.269 e. The maximum absolute atomic E-state index is 0. The van der Waals surface area contributed by atoms with E-state index in [0.717, 1.165) is 0 Å². The molecule has 0 saturated carbocycles. The summed E-state index contributed by atoms with van der Waals surface area (Å²) in [5.41, 5.74) is 0. The average Bonchev–Trinajstić information content (AvgIpc) is 0. The van der Waals surface area contributed by atoms with Crippen LogP contribution in [-0.2, 0) is 0 Å². The molecule has 0 aliphatic carbocycles. The predicted molar refractivity (Wildman–Crippen MR) is 19.8 cm³/mol. The third-order valence-corrected chi connectivity index (χ3v) is 0. The van der Waals surface area contributed by atoms with Crippen LogP contribution in [0.3, 0.4) is 0 Å². The fraction of sp³-hybridized carbons (Fsp3) is 0. The van der Waals surface area contributed by atoms with E-state index in [9.17, 15) is 0 Å². The van der Waals surface area contributed by atoms with Crippen molar-refractivity contribution in [1.82, 2.24) is 0 Å². The quantitative estimate of drug-likeness (QED) is 0.334. The van der Waals surface area contributed by atoms with Crippen molar-refractivity contribution in [2.24, 2.45) is 0 Å². The normalized spacial score (nSPS) is 0. The first kappa shape index (κ1) is 27.2. The largest absolute Gasteiger partial charge is 0.269 e. The van der Waals surface area contributed by atoms with Gasteiger partial charge in [0.15, 0.2) is 0 Å². The van der Waals surface area contributed by atoms with Crippen molar-refractivity contribution < 1.29 is 4.70 Å². The minimum atomic E-state index is 0. The van der Waals surface area contributed by atoms with Crippen molar-refractivity contribution in [3.63, 3.8) is 0 Å². The summed E-state index contributed by atoms with van der Waals surface area (Å²) in [6, 6.07) is 0. The van der Waals surface area contributed by atoms with Gasteiger partial charge in [0.1, 0.15) is 0 Å². The molecule has 0 N–H and O–H groups in total. The predicted octanol–water partition coefficient (Wildman–Crippen LogP) is -0.990. The molecular weight excluding hydrogens is 88.0 g/mol. The van der Waals surface area contributed by atoms with Gasteiger partial charge in [-0.25, -0.2) is 0 Å². The molecule has 0 unspecified atom stereocenters. The molecule has 0 spiro atoms. The van der Waals surface area contributed by atoms with Crippen LogP contribution in [0.5, 0.6) is 0 Å². The molecule has 4 heteroatoms. The molecule has 0 aromatic rings.